The number of furan rings is 1. The third-order valence-corrected chi connectivity index (χ3v) is 8.73. The van der Waals surface area contributed by atoms with E-state index in [0.717, 1.165) is 11.2 Å². The highest BCUT2D eigenvalue weighted by Gasteiger charge is 2.27. The maximum absolute atomic E-state index is 6.41. The molecule has 31 heavy (non-hydrogen) atoms. The summed E-state index contributed by atoms with van der Waals surface area (Å²) in [6.07, 6.45) is 0. The van der Waals surface area contributed by atoms with Gasteiger partial charge in [0, 0.05) is 37.0 Å². The van der Waals surface area contributed by atoms with Gasteiger partial charge in [0.25, 0.3) is 5.01 Å². The number of rotatable bonds is 1. The minimum absolute atomic E-state index is 0.944. The predicted molar refractivity (Wildman–Crippen MR) is 133 cm³/mol. The Kier molecular flexibility index (Phi) is 3.47. The fourth-order valence-corrected chi connectivity index (χ4v) is 7.38. The highest BCUT2D eigenvalue weighted by atomic mass is 32.1. The molecule has 0 bridgehead atoms. The first-order valence-electron chi connectivity index (χ1n) is 10.3. The molecule has 3 aromatic heterocycles. The van der Waals surface area contributed by atoms with Crippen LogP contribution in [0.3, 0.4) is 0 Å². The van der Waals surface area contributed by atoms with Gasteiger partial charge in [-0.1, -0.05) is 59.9 Å². The van der Waals surface area contributed by atoms with E-state index in [1.807, 2.05) is 28.7 Å². The lowest BCUT2D eigenvalue weighted by Gasteiger charge is -2.01. The Balaban J connectivity index is 1.63. The van der Waals surface area contributed by atoms with Crippen LogP contribution >= 0.6 is 22.7 Å². The molecule has 0 aliphatic rings. The molecule has 4 aromatic carbocycles. The second-order valence-corrected chi connectivity index (χ2v) is 10.2. The molecule has 0 N–H and O–H groups in total. The summed E-state index contributed by atoms with van der Waals surface area (Å²) in [4.78, 5) is 0. The molecule has 3 heterocycles. The number of aryl methyl sites for hydroxylation is 2. The monoisotopic (exact) mass is 436 g/mol. The first-order chi connectivity index (χ1) is 15.2. The summed E-state index contributed by atoms with van der Waals surface area (Å²) in [7, 11) is 2.18. The van der Waals surface area contributed by atoms with Crippen molar-refractivity contribution >= 4 is 75.0 Å². The van der Waals surface area contributed by atoms with Gasteiger partial charge in [-0.3, -0.25) is 0 Å². The van der Waals surface area contributed by atoms with E-state index in [0.29, 0.717) is 0 Å². The van der Waals surface area contributed by atoms with E-state index < -0.39 is 0 Å². The van der Waals surface area contributed by atoms with Gasteiger partial charge in [-0.25, -0.2) is 0 Å². The molecule has 148 valence electrons. The third kappa shape index (κ3) is 2.29. The summed E-state index contributed by atoms with van der Waals surface area (Å²) in [6.45, 7) is 2.18. The maximum atomic E-state index is 6.41. The Hall–Kier alpha value is -3.21. The van der Waals surface area contributed by atoms with Crippen LogP contribution in [-0.4, -0.2) is 0 Å². The first kappa shape index (κ1) is 17.5. The Morgan fingerprint density at radius 1 is 0.742 bits per heavy atom. The van der Waals surface area contributed by atoms with Crippen LogP contribution in [0.1, 0.15) is 5.56 Å². The third-order valence-electron chi connectivity index (χ3n) is 6.31. The van der Waals surface area contributed by atoms with Gasteiger partial charge in [-0.2, -0.15) is 4.57 Å². The van der Waals surface area contributed by atoms with Crippen molar-refractivity contribution in [3.05, 3.63) is 78.4 Å². The van der Waals surface area contributed by atoms with Crippen LogP contribution in [0, 0.1) is 6.92 Å². The van der Waals surface area contributed by atoms with Crippen LogP contribution in [-0.2, 0) is 7.05 Å². The highest BCUT2D eigenvalue weighted by molar-refractivity contribution is 7.28. The number of aromatic nitrogens is 1. The predicted octanol–water partition coefficient (Wildman–Crippen LogP) is 7.97. The lowest BCUT2D eigenvalue weighted by molar-refractivity contribution is -0.629. The van der Waals surface area contributed by atoms with Gasteiger partial charge in [0.05, 0.1) is 0 Å². The lowest BCUT2D eigenvalue weighted by Crippen LogP contribution is -2.28. The van der Waals surface area contributed by atoms with Gasteiger partial charge in [-0.05, 0) is 30.7 Å². The average Bonchev–Trinajstić information content (AvgIpc) is 3.45. The van der Waals surface area contributed by atoms with E-state index in [-0.39, 0.29) is 0 Å². The number of thiazole rings is 1. The molecule has 0 saturated carbocycles. The summed E-state index contributed by atoms with van der Waals surface area (Å²) in [5.74, 6) is 0. The van der Waals surface area contributed by atoms with E-state index in [4.69, 9.17) is 4.42 Å². The number of thiophene rings is 1. The van der Waals surface area contributed by atoms with Crippen molar-refractivity contribution in [2.24, 2.45) is 7.05 Å². The van der Waals surface area contributed by atoms with Crippen LogP contribution in [0.2, 0.25) is 0 Å². The molecule has 7 aromatic rings. The molecule has 2 nitrogen and oxygen atoms in total. The minimum Gasteiger partial charge on any atom is -0.455 e. The fourth-order valence-electron chi connectivity index (χ4n) is 4.79. The van der Waals surface area contributed by atoms with Crippen molar-refractivity contribution in [2.75, 3.05) is 0 Å². The first-order valence-corrected chi connectivity index (χ1v) is 12.0. The van der Waals surface area contributed by atoms with Crippen LogP contribution in [0.4, 0.5) is 0 Å². The number of benzene rings is 4. The van der Waals surface area contributed by atoms with Gasteiger partial charge in [-0.15, -0.1) is 11.3 Å². The van der Waals surface area contributed by atoms with Gasteiger partial charge < -0.3 is 4.42 Å². The molecule has 0 aliphatic carbocycles. The quantitative estimate of drug-likeness (QED) is 0.239. The normalized spacial score (nSPS) is 12.2. The van der Waals surface area contributed by atoms with Crippen molar-refractivity contribution in [3.63, 3.8) is 0 Å². The van der Waals surface area contributed by atoms with E-state index in [9.17, 15) is 0 Å². The lowest BCUT2D eigenvalue weighted by atomic mass is 10.0. The van der Waals surface area contributed by atoms with Crippen molar-refractivity contribution in [2.45, 2.75) is 6.92 Å². The summed E-state index contributed by atoms with van der Waals surface area (Å²) in [6, 6.07) is 26.0. The van der Waals surface area contributed by atoms with Crippen LogP contribution in [0.5, 0.6) is 0 Å². The van der Waals surface area contributed by atoms with Crippen LogP contribution in [0.25, 0.3) is 62.9 Å². The van der Waals surface area contributed by atoms with E-state index in [1.165, 1.54) is 57.3 Å². The molecule has 7 rings (SSSR count). The number of fused-ring (bicyclic) bond motifs is 8. The summed E-state index contributed by atoms with van der Waals surface area (Å²) < 4.78 is 12.8. The van der Waals surface area contributed by atoms with Crippen molar-refractivity contribution in [1.82, 2.24) is 0 Å². The Bertz CT molecular complexity index is 1820. The standard InChI is InChI=1S/C27H18NOS2/c1-15-11-12-17-16-7-3-5-9-20(16)29-25(17)23(15)27-28(2)19-13-14-22-24(26(19)31-27)18-8-4-6-10-21(18)30-22/h3-14H,1-2H3/q+1. The molecule has 0 radical (unpaired) electrons. The molecule has 0 unspecified atom stereocenters. The molecule has 4 heteroatoms. The maximum Gasteiger partial charge on any atom is 0.273 e. The summed E-state index contributed by atoms with van der Waals surface area (Å²) >= 11 is 3.75. The number of para-hydroxylation sites is 1. The second-order valence-electron chi connectivity index (χ2n) is 8.08. The summed E-state index contributed by atoms with van der Waals surface area (Å²) in [5, 5.41) is 6.31. The molecule has 0 spiro atoms. The Labute approximate surface area is 186 Å². The van der Waals surface area contributed by atoms with Crippen LogP contribution < -0.4 is 4.57 Å². The zero-order valence-electron chi connectivity index (χ0n) is 17.1. The molecule has 0 fully saturated rings. The molecular weight excluding hydrogens is 418 g/mol. The summed E-state index contributed by atoms with van der Waals surface area (Å²) in [5.41, 5.74) is 5.63. The number of nitrogens with zero attached hydrogens (tertiary/aromatic N) is 1. The fraction of sp³-hybridized carbons (Fsp3) is 0.0741. The van der Waals surface area contributed by atoms with E-state index in [2.05, 4.69) is 85.3 Å². The van der Waals surface area contributed by atoms with Gasteiger partial charge in [0.2, 0.25) is 5.52 Å². The van der Waals surface area contributed by atoms with Crippen molar-refractivity contribution in [1.29, 1.82) is 0 Å². The molecule has 0 aliphatic heterocycles. The van der Waals surface area contributed by atoms with Crippen molar-refractivity contribution < 1.29 is 8.98 Å². The van der Waals surface area contributed by atoms with Crippen molar-refractivity contribution in [3.8, 4) is 10.6 Å². The smallest absolute Gasteiger partial charge is 0.273 e. The molecule has 0 amide bonds. The molecule has 0 atom stereocenters. The zero-order valence-corrected chi connectivity index (χ0v) is 18.7. The number of hydrogen-bond donors (Lipinski definition) is 0. The SMILES string of the molecule is Cc1ccc2c(oc3ccccc32)c1-c1sc2c3c(ccc2[n+]1C)sc1ccccc13. The average molecular weight is 437 g/mol. The van der Waals surface area contributed by atoms with E-state index >= 15 is 0 Å². The van der Waals surface area contributed by atoms with Gasteiger partial charge in [0.15, 0.2) is 5.58 Å². The topological polar surface area (TPSA) is 17.0 Å². The largest absolute Gasteiger partial charge is 0.455 e. The molecular formula is C27H18NOS2+. The minimum atomic E-state index is 0.944. The Morgan fingerprint density at radius 2 is 1.55 bits per heavy atom. The second kappa shape index (κ2) is 6.16. The Morgan fingerprint density at radius 3 is 2.45 bits per heavy atom. The molecule has 0 saturated heterocycles. The van der Waals surface area contributed by atoms with Crippen LogP contribution in [0.15, 0.2) is 77.2 Å². The zero-order chi connectivity index (χ0) is 20.7. The van der Waals surface area contributed by atoms with Gasteiger partial charge in [0.1, 0.15) is 22.9 Å². The van der Waals surface area contributed by atoms with Gasteiger partial charge >= 0.3 is 0 Å². The highest BCUT2D eigenvalue weighted by Crippen LogP contribution is 2.44. The number of hydrogen-bond acceptors (Lipinski definition) is 3. The van der Waals surface area contributed by atoms with E-state index in [1.54, 1.807) is 0 Å².